The standard InChI is InChI=1S/C20H17Cl2FN4O/c21-15-1-6-19(18(22)11-15)25-13-14(12-24)20(28)27-9-7-26(8-10-27)17-4-2-16(23)3-5-17/h1-6,11,13,25H,7-10H2/b14-13-. The second-order valence-corrected chi connectivity index (χ2v) is 7.04. The molecule has 0 spiro atoms. The van der Waals surface area contributed by atoms with Crippen molar-refractivity contribution in [3.8, 4) is 6.07 Å². The van der Waals surface area contributed by atoms with Gasteiger partial charge in [-0.15, -0.1) is 0 Å². The Kier molecular flexibility index (Phi) is 6.40. The molecule has 1 heterocycles. The fourth-order valence-electron chi connectivity index (χ4n) is 2.89. The summed E-state index contributed by atoms with van der Waals surface area (Å²) >= 11 is 11.9. The molecule has 0 unspecified atom stereocenters. The van der Waals surface area contributed by atoms with Gasteiger partial charge in [0.15, 0.2) is 0 Å². The number of carbonyl (C=O) groups excluding carboxylic acids is 1. The molecule has 1 aliphatic rings. The monoisotopic (exact) mass is 418 g/mol. The number of rotatable bonds is 4. The second-order valence-electron chi connectivity index (χ2n) is 6.19. The molecular weight excluding hydrogens is 402 g/mol. The quantitative estimate of drug-likeness (QED) is 0.593. The van der Waals surface area contributed by atoms with Crippen molar-refractivity contribution in [2.24, 2.45) is 0 Å². The summed E-state index contributed by atoms with van der Waals surface area (Å²) in [6.45, 7) is 2.15. The third-order valence-corrected chi connectivity index (χ3v) is 4.96. The van der Waals surface area contributed by atoms with Gasteiger partial charge >= 0.3 is 0 Å². The van der Waals surface area contributed by atoms with Crippen LogP contribution in [-0.4, -0.2) is 37.0 Å². The molecule has 0 radical (unpaired) electrons. The first-order valence-corrected chi connectivity index (χ1v) is 9.35. The summed E-state index contributed by atoms with van der Waals surface area (Å²) < 4.78 is 13.1. The lowest BCUT2D eigenvalue weighted by atomic mass is 10.2. The molecular formula is C20H17Cl2FN4O. The van der Waals surface area contributed by atoms with Crippen molar-refractivity contribution in [1.29, 1.82) is 5.26 Å². The van der Waals surface area contributed by atoms with Gasteiger partial charge in [0.25, 0.3) is 5.91 Å². The molecule has 1 fully saturated rings. The van der Waals surface area contributed by atoms with Gasteiger partial charge in [-0.2, -0.15) is 5.26 Å². The third-order valence-electron chi connectivity index (χ3n) is 4.41. The van der Waals surface area contributed by atoms with Crippen LogP contribution in [-0.2, 0) is 4.79 Å². The lowest BCUT2D eigenvalue weighted by Crippen LogP contribution is -2.49. The Morgan fingerprint density at radius 1 is 1.11 bits per heavy atom. The van der Waals surface area contributed by atoms with Gasteiger partial charge < -0.3 is 15.1 Å². The van der Waals surface area contributed by atoms with Gasteiger partial charge in [-0.05, 0) is 42.5 Å². The third kappa shape index (κ3) is 4.75. The van der Waals surface area contributed by atoms with E-state index in [1.165, 1.54) is 18.3 Å². The average Bonchev–Trinajstić information content (AvgIpc) is 2.70. The van der Waals surface area contributed by atoms with Crippen molar-refractivity contribution in [1.82, 2.24) is 4.90 Å². The Balaban J connectivity index is 1.62. The lowest BCUT2D eigenvalue weighted by molar-refractivity contribution is -0.127. The normalized spacial score (nSPS) is 14.6. The zero-order valence-electron chi connectivity index (χ0n) is 14.8. The van der Waals surface area contributed by atoms with E-state index in [1.54, 1.807) is 35.2 Å². The SMILES string of the molecule is N#C/C(=C/Nc1ccc(Cl)cc1Cl)C(=O)N1CCN(c2ccc(F)cc2)CC1. The highest BCUT2D eigenvalue weighted by Crippen LogP contribution is 2.25. The number of anilines is 2. The number of hydrogen-bond donors (Lipinski definition) is 1. The predicted octanol–water partition coefficient (Wildman–Crippen LogP) is 4.30. The molecule has 1 saturated heterocycles. The van der Waals surface area contributed by atoms with Gasteiger partial charge in [0.05, 0.1) is 10.7 Å². The number of piperazine rings is 1. The number of halogens is 3. The summed E-state index contributed by atoms with van der Waals surface area (Å²) in [5.74, 6) is -0.631. The topological polar surface area (TPSA) is 59.4 Å². The maximum Gasteiger partial charge on any atom is 0.266 e. The molecule has 8 heteroatoms. The van der Waals surface area contributed by atoms with Crippen LogP contribution in [0.25, 0.3) is 0 Å². The summed E-state index contributed by atoms with van der Waals surface area (Å²) in [5.41, 5.74) is 1.44. The van der Waals surface area contributed by atoms with Crippen molar-refractivity contribution in [3.63, 3.8) is 0 Å². The molecule has 0 aromatic heterocycles. The van der Waals surface area contributed by atoms with E-state index in [0.29, 0.717) is 41.9 Å². The highest BCUT2D eigenvalue weighted by molar-refractivity contribution is 6.36. The van der Waals surface area contributed by atoms with Gasteiger partial charge in [0, 0.05) is 43.1 Å². The fourth-order valence-corrected chi connectivity index (χ4v) is 3.35. The smallest absolute Gasteiger partial charge is 0.266 e. The summed E-state index contributed by atoms with van der Waals surface area (Å²) in [7, 11) is 0. The second kappa shape index (κ2) is 8.96. The molecule has 1 aliphatic heterocycles. The van der Waals surface area contributed by atoms with Crippen molar-refractivity contribution in [2.75, 3.05) is 36.4 Å². The highest BCUT2D eigenvalue weighted by atomic mass is 35.5. The first-order chi connectivity index (χ1) is 13.5. The maximum atomic E-state index is 13.1. The van der Waals surface area contributed by atoms with E-state index in [0.717, 1.165) is 5.69 Å². The summed E-state index contributed by atoms with van der Waals surface area (Å²) in [6.07, 6.45) is 1.35. The van der Waals surface area contributed by atoms with Crippen LogP contribution < -0.4 is 10.2 Å². The molecule has 28 heavy (non-hydrogen) atoms. The number of benzene rings is 2. The number of amides is 1. The van der Waals surface area contributed by atoms with Gasteiger partial charge in [-0.1, -0.05) is 23.2 Å². The number of nitrogens with zero attached hydrogens (tertiary/aromatic N) is 3. The number of nitrogens with one attached hydrogen (secondary N) is 1. The minimum absolute atomic E-state index is 0.0127. The highest BCUT2D eigenvalue weighted by Gasteiger charge is 2.24. The molecule has 2 aromatic carbocycles. The average molecular weight is 419 g/mol. The molecule has 0 bridgehead atoms. The molecule has 3 rings (SSSR count). The zero-order chi connectivity index (χ0) is 20.1. The Morgan fingerprint density at radius 2 is 1.79 bits per heavy atom. The van der Waals surface area contributed by atoms with E-state index in [-0.39, 0.29) is 17.3 Å². The van der Waals surface area contributed by atoms with Crippen LogP contribution in [0.4, 0.5) is 15.8 Å². The number of carbonyl (C=O) groups is 1. The predicted molar refractivity (Wildman–Crippen MR) is 109 cm³/mol. The van der Waals surface area contributed by atoms with Crippen molar-refractivity contribution < 1.29 is 9.18 Å². The summed E-state index contributed by atoms with van der Waals surface area (Å²) in [5, 5.41) is 13.1. The Labute approximate surface area is 172 Å². The Morgan fingerprint density at radius 3 is 2.39 bits per heavy atom. The first-order valence-electron chi connectivity index (χ1n) is 8.59. The molecule has 2 aromatic rings. The summed E-state index contributed by atoms with van der Waals surface area (Å²) in [6, 6.07) is 13.1. The van der Waals surface area contributed by atoms with Crippen LogP contribution in [0.1, 0.15) is 0 Å². The van der Waals surface area contributed by atoms with Gasteiger partial charge in [-0.3, -0.25) is 4.79 Å². The molecule has 0 aliphatic carbocycles. The van der Waals surface area contributed by atoms with Gasteiger partial charge in [-0.25, -0.2) is 4.39 Å². The van der Waals surface area contributed by atoms with Crippen LogP contribution >= 0.6 is 23.2 Å². The molecule has 0 atom stereocenters. The van der Waals surface area contributed by atoms with Gasteiger partial charge in [0.1, 0.15) is 17.5 Å². The molecule has 5 nitrogen and oxygen atoms in total. The van der Waals surface area contributed by atoms with Crippen molar-refractivity contribution in [2.45, 2.75) is 0 Å². The van der Waals surface area contributed by atoms with Crippen LogP contribution in [0.5, 0.6) is 0 Å². The number of nitriles is 1. The molecule has 144 valence electrons. The van der Waals surface area contributed by atoms with E-state index in [2.05, 4.69) is 10.2 Å². The lowest BCUT2D eigenvalue weighted by Gasteiger charge is -2.36. The van der Waals surface area contributed by atoms with E-state index >= 15 is 0 Å². The largest absolute Gasteiger partial charge is 0.368 e. The van der Waals surface area contributed by atoms with E-state index in [1.807, 2.05) is 6.07 Å². The van der Waals surface area contributed by atoms with Crippen LogP contribution in [0.3, 0.4) is 0 Å². The summed E-state index contributed by atoms with van der Waals surface area (Å²) in [4.78, 5) is 16.3. The van der Waals surface area contributed by atoms with Crippen molar-refractivity contribution in [3.05, 3.63) is 70.1 Å². The van der Waals surface area contributed by atoms with E-state index in [4.69, 9.17) is 23.2 Å². The van der Waals surface area contributed by atoms with E-state index in [9.17, 15) is 14.4 Å². The molecule has 1 N–H and O–H groups in total. The van der Waals surface area contributed by atoms with Crippen molar-refractivity contribution >= 4 is 40.5 Å². The zero-order valence-corrected chi connectivity index (χ0v) is 16.3. The first kappa shape index (κ1) is 20.0. The fraction of sp³-hybridized carbons (Fsp3) is 0.200. The molecule has 1 amide bonds. The maximum absolute atomic E-state index is 13.1. The van der Waals surface area contributed by atoms with Crippen LogP contribution in [0.2, 0.25) is 10.0 Å². The van der Waals surface area contributed by atoms with Crippen LogP contribution in [0.15, 0.2) is 54.2 Å². The molecule has 0 saturated carbocycles. The van der Waals surface area contributed by atoms with Crippen LogP contribution in [0, 0.1) is 17.1 Å². The van der Waals surface area contributed by atoms with Gasteiger partial charge in [0.2, 0.25) is 0 Å². The Bertz CT molecular complexity index is 932. The number of hydrogen-bond acceptors (Lipinski definition) is 4. The Hall–Kier alpha value is -2.75. The van der Waals surface area contributed by atoms with E-state index < -0.39 is 0 Å². The minimum Gasteiger partial charge on any atom is -0.368 e. The minimum atomic E-state index is -0.348.